The standard InChI is InChI=1S/C20H23NO3/c1-20(2,3)16-11-9-14(10-12-16)17(13-18(22)23)21-19(24)15-7-5-4-6-8-15/h4-12,17H,13H2,1-3H3,(H,21,24)(H,22,23)/p-1/t17-/m0/s1. The van der Waals surface area contributed by atoms with E-state index in [-0.39, 0.29) is 17.7 Å². The van der Waals surface area contributed by atoms with E-state index in [9.17, 15) is 14.7 Å². The van der Waals surface area contributed by atoms with Gasteiger partial charge in [0.1, 0.15) is 0 Å². The highest BCUT2D eigenvalue weighted by Gasteiger charge is 2.18. The molecule has 0 heterocycles. The number of benzene rings is 2. The van der Waals surface area contributed by atoms with Gasteiger partial charge in [-0.3, -0.25) is 4.79 Å². The van der Waals surface area contributed by atoms with E-state index in [2.05, 4.69) is 26.1 Å². The SMILES string of the molecule is CC(C)(C)c1ccc([C@H](CC(=O)[O-])NC(=O)c2ccccc2)cc1. The minimum atomic E-state index is -1.20. The molecule has 2 rings (SSSR count). The molecule has 2 aromatic rings. The Morgan fingerprint density at radius 3 is 2.08 bits per heavy atom. The Morgan fingerprint density at radius 1 is 1.00 bits per heavy atom. The fourth-order valence-corrected chi connectivity index (χ4v) is 2.47. The summed E-state index contributed by atoms with van der Waals surface area (Å²) in [5.74, 6) is -1.50. The molecule has 0 aromatic heterocycles. The third kappa shape index (κ3) is 4.69. The minimum absolute atomic E-state index is 0.00959. The first-order chi connectivity index (χ1) is 11.3. The molecule has 1 N–H and O–H groups in total. The lowest BCUT2D eigenvalue weighted by molar-refractivity contribution is -0.306. The van der Waals surface area contributed by atoms with Crippen molar-refractivity contribution in [2.75, 3.05) is 0 Å². The maximum absolute atomic E-state index is 12.3. The number of carbonyl (C=O) groups is 2. The van der Waals surface area contributed by atoms with Gasteiger partial charge in [0, 0.05) is 18.0 Å². The zero-order valence-electron chi connectivity index (χ0n) is 14.2. The average Bonchev–Trinajstić information content (AvgIpc) is 2.54. The van der Waals surface area contributed by atoms with Crippen LogP contribution in [0, 0.1) is 0 Å². The van der Waals surface area contributed by atoms with Gasteiger partial charge in [0.25, 0.3) is 5.91 Å². The van der Waals surface area contributed by atoms with E-state index < -0.39 is 12.0 Å². The molecule has 0 saturated heterocycles. The highest BCUT2D eigenvalue weighted by molar-refractivity contribution is 5.94. The van der Waals surface area contributed by atoms with Crippen LogP contribution in [0.25, 0.3) is 0 Å². The van der Waals surface area contributed by atoms with Gasteiger partial charge in [-0.25, -0.2) is 0 Å². The molecular weight excluding hydrogens is 302 g/mol. The van der Waals surface area contributed by atoms with Crippen LogP contribution in [0.3, 0.4) is 0 Å². The molecule has 0 radical (unpaired) electrons. The molecule has 0 bridgehead atoms. The lowest BCUT2D eigenvalue weighted by Gasteiger charge is -2.23. The van der Waals surface area contributed by atoms with Gasteiger partial charge >= 0.3 is 0 Å². The van der Waals surface area contributed by atoms with Crippen LogP contribution in [0.5, 0.6) is 0 Å². The molecule has 126 valence electrons. The number of nitrogens with one attached hydrogen (secondary N) is 1. The molecule has 2 aromatic carbocycles. The predicted octanol–water partition coefficient (Wildman–Crippen LogP) is 2.60. The van der Waals surface area contributed by atoms with Crippen LogP contribution >= 0.6 is 0 Å². The fraction of sp³-hybridized carbons (Fsp3) is 0.300. The molecule has 1 atom stereocenters. The smallest absolute Gasteiger partial charge is 0.251 e. The van der Waals surface area contributed by atoms with Crippen molar-refractivity contribution in [3.8, 4) is 0 Å². The van der Waals surface area contributed by atoms with E-state index in [0.717, 1.165) is 11.1 Å². The third-order valence-corrected chi connectivity index (χ3v) is 3.89. The summed E-state index contributed by atoms with van der Waals surface area (Å²) < 4.78 is 0. The highest BCUT2D eigenvalue weighted by Crippen LogP contribution is 2.25. The maximum atomic E-state index is 12.3. The Kier molecular flexibility index (Phi) is 5.39. The van der Waals surface area contributed by atoms with Gasteiger partial charge in [-0.1, -0.05) is 63.2 Å². The second-order valence-electron chi connectivity index (χ2n) is 6.84. The molecular formula is C20H22NO3-. The number of rotatable bonds is 5. The molecule has 0 aliphatic heterocycles. The van der Waals surface area contributed by atoms with E-state index in [1.807, 2.05) is 30.3 Å². The summed E-state index contributed by atoms with van der Waals surface area (Å²) in [6.45, 7) is 6.33. The van der Waals surface area contributed by atoms with E-state index in [1.54, 1.807) is 24.3 Å². The largest absolute Gasteiger partial charge is 0.550 e. The number of aliphatic carboxylic acids is 1. The first-order valence-corrected chi connectivity index (χ1v) is 7.93. The van der Waals surface area contributed by atoms with Gasteiger partial charge < -0.3 is 15.2 Å². The fourth-order valence-electron chi connectivity index (χ4n) is 2.47. The van der Waals surface area contributed by atoms with Crippen LogP contribution in [0.15, 0.2) is 54.6 Å². The quantitative estimate of drug-likeness (QED) is 0.919. The van der Waals surface area contributed by atoms with Crippen molar-refractivity contribution in [1.29, 1.82) is 0 Å². The Hall–Kier alpha value is -2.62. The third-order valence-electron chi connectivity index (χ3n) is 3.89. The summed E-state index contributed by atoms with van der Waals surface area (Å²) >= 11 is 0. The van der Waals surface area contributed by atoms with Gasteiger partial charge in [-0.2, -0.15) is 0 Å². The van der Waals surface area contributed by atoms with Crippen LogP contribution in [-0.4, -0.2) is 11.9 Å². The lowest BCUT2D eigenvalue weighted by atomic mass is 9.86. The van der Waals surface area contributed by atoms with Gasteiger partial charge in [-0.15, -0.1) is 0 Å². The number of amides is 1. The summed E-state index contributed by atoms with van der Waals surface area (Å²) in [5.41, 5.74) is 2.40. The zero-order chi connectivity index (χ0) is 17.7. The van der Waals surface area contributed by atoms with Crippen LogP contribution in [-0.2, 0) is 10.2 Å². The summed E-state index contributed by atoms with van der Waals surface area (Å²) in [5, 5.41) is 13.8. The topological polar surface area (TPSA) is 69.2 Å². The van der Waals surface area contributed by atoms with Crippen molar-refractivity contribution >= 4 is 11.9 Å². The highest BCUT2D eigenvalue weighted by atomic mass is 16.4. The summed E-state index contributed by atoms with van der Waals surface area (Å²) in [4.78, 5) is 23.4. The van der Waals surface area contributed by atoms with Crippen LogP contribution in [0.4, 0.5) is 0 Å². The number of hydrogen-bond donors (Lipinski definition) is 1. The Balaban J connectivity index is 2.22. The van der Waals surface area contributed by atoms with Crippen molar-refractivity contribution < 1.29 is 14.7 Å². The van der Waals surface area contributed by atoms with Crippen molar-refractivity contribution in [1.82, 2.24) is 5.32 Å². The number of carboxylic acids is 1. The summed E-state index contributed by atoms with van der Waals surface area (Å²) in [6.07, 6.45) is -0.270. The second kappa shape index (κ2) is 7.30. The van der Waals surface area contributed by atoms with Gasteiger partial charge in [0.05, 0.1) is 6.04 Å². The first-order valence-electron chi connectivity index (χ1n) is 7.93. The molecule has 24 heavy (non-hydrogen) atoms. The van der Waals surface area contributed by atoms with Crippen molar-refractivity contribution in [3.05, 3.63) is 71.3 Å². The normalized spacial score (nSPS) is 12.5. The molecule has 4 nitrogen and oxygen atoms in total. The van der Waals surface area contributed by atoms with Crippen LogP contribution < -0.4 is 10.4 Å². The minimum Gasteiger partial charge on any atom is -0.550 e. The zero-order valence-corrected chi connectivity index (χ0v) is 14.2. The van der Waals surface area contributed by atoms with Gasteiger partial charge in [0.2, 0.25) is 0 Å². The second-order valence-corrected chi connectivity index (χ2v) is 6.84. The Morgan fingerprint density at radius 2 is 1.58 bits per heavy atom. The summed E-state index contributed by atoms with van der Waals surface area (Å²) in [6, 6.07) is 15.7. The molecule has 1 amide bonds. The Bertz CT molecular complexity index is 700. The molecule has 0 unspecified atom stereocenters. The van der Waals surface area contributed by atoms with Crippen molar-refractivity contribution in [2.24, 2.45) is 0 Å². The van der Waals surface area contributed by atoms with E-state index in [0.29, 0.717) is 5.56 Å². The summed E-state index contributed by atoms with van der Waals surface area (Å²) in [7, 11) is 0. The molecule has 4 heteroatoms. The number of hydrogen-bond acceptors (Lipinski definition) is 3. The first kappa shape index (κ1) is 17.7. The van der Waals surface area contributed by atoms with E-state index >= 15 is 0 Å². The van der Waals surface area contributed by atoms with Crippen LogP contribution in [0.2, 0.25) is 0 Å². The number of carbonyl (C=O) groups excluding carboxylic acids is 2. The molecule has 0 spiro atoms. The van der Waals surface area contributed by atoms with E-state index in [4.69, 9.17) is 0 Å². The van der Waals surface area contributed by atoms with Gasteiger partial charge in [0.15, 0.2) is 0 Å². The molecule has 0 aliphatic rings. The Labute approximate surface area is 142 Å². The van der Waals surface area contributed by atoms with Crippen molar-refractivity contribution in [2.45, 2.75) is 38.6 Å². The maximum Gasteiger partial charge on any atom is 0.251 e. The molecule has 0 fully saturated rings. The predicted molar refractivity (Wildman–Crippen MR) is 91.4 cm³/mol. The average molecular weight is 324 g/mol. The lowest BCUT2D eigenvalue weighted by Crippen LogP contribution is -2.34. The van der Waals surface area contributed by atoms with Crippen LogP contribution in [0.1, 0.15) is 54.7 Å². The van der Waals surface area contributed by atoms with Gasteiger partial charge in [-0.05, 0) is 28.7 Å². The van der Waals surface area contributed by atoms with Crippen molar-refractivity contribution in [3.63, 3.8) is 0 Å². The van der Waals surface area contributed by atoms with E-state index in [1.165, 1.54) is 0 Å². The molecule has 0 saturated carbocycles. The monoisotopic (exact) mass is 324 g/mol. The number of carboxylic acid groups (broad SMARTS) is 1. The molecule has 0 aliphatic carbocycles.